The zero-order valence-electron chi connectivity index (χ0n) is 25.5. The fourth-order valence-corrected chi connectivity index (χ4v) is 7.32. The van der Waals surface area contributed by atoms with Crippen LogP contribution < -0.4 is 15.1 Å². The van der Waals surface area contributed by atoms with E-state index >= 15 is 0 Å². The Morgan fingerprint density at radius 2 is 1.95 bits per heavy atom. The van der Waals surface area contributed by atoms with Gasteiger partial charge in [0.1, 0.15) is 0 Å². The average Bonchev–Trinajstić information content (AvgIpc) is 3.90. The first kappa shape index (κ1) is 28.2. The molecule has 6 rings (SSSR count). The molecule has 220 valence electrons. The maximum Gasteiger partial charge on any atom is 0.184 e. The van der Waals surface area contributed by atoms with Crippen molar-refractivity contribution >= 4 is 11.4 Å². The summed E-state index contributed by atoms with van der Waals surface area (Å²) in [4.78, 5) is 5.10. The van der Waals surface area contributed by atoms with Gasteiger partial charge in [-0.05, 0) is 81.5 Å². The van der Waals surface area contributed by atoms with Crippen molar-refractivity contribution < 1.29 is 0 Å². The molecule has 0 radical (unpaired) electrons. The Kier molecular flexibility index (Phi) is 7.60. The molecule has 3 heterocycles. The molecule has 0 amide bonds. The zero-order valence-corrected chi connectivity index (χ0v) is 25.5. The molecular formula is C34H49N7. The van der Waals surface area contributed by atoms with E-state index in [4.69, 9.17) is 6.58 Å². The first-order valence-electron chi connectivity index (χ1n) is 15.9. The Balaban J connectivity index is 1.19. The minimum Gasteiger partial charge on any atom is -0.345 e. The molecule has 7 heteroatoms. The molecule has 1 aromatic heterocycles. The number of H-pyrrole nitrogens is 1. The highest BCUT2D eigenvalue weighted by atomic mass is 15.5. The summed E-state index contributed by atoms with van der Waals surface area (Å²) >= 11 is 0. The van der Waals surface area contributed by atoms with Gasteiger partial charge in [0, 0.05) is 53.2 Å². The molecular weight excluding hydrogens is 506 g/mol. The maximum absolute atomic E-state index is 4.76. The number of rotatable bonds is 12. The second kappa shape index (κ2) is 11.0. The van der Waals surface area contributed by atoms with E-state index in [1.807, 2.05) is 0 Å². The number of nitrogens with one attached hydrogen (secondary N) is 2. The van der Waals surface area contributed by atoms with Gasteiger partial charge in [-0.2, -0.15) is 5.21 Å². The van der Waals surface area contributed by atoms with Crippen LogP contribution in [0.2, 0.25) is 0 Å². The molecule has 3 fully saturated rings. The fraction of sp³-hybridized carbons (Fsp3) is 0.618. The largest absolute Gasteiger partial charge is 0.345 e. The van der Waals surface area contributed by atoms with Gasteiger partial charge in [0.15, 0.2) is 5.82 Å². The molecule has 2 atom stereocenters. The summed E-state index contributed by atoms with van der Waals surface area (Å²) in [5, 5.41) is 18.8. The van der Waals surface area contributed by atoms with Crippen LogP contribution in [-0.2, 0) is 11.8 Å². The molecule has 2 N–H and O–H groups in total. The van der Waals surface area contributed by atoms with Gasteiger partial charge in [-0.15, -0.1) is 10.2 Å². The summed E-state index contributed by atoms with van der Waals surface area (Å²) in [7, 11) is 0. The number of benzene rings is 1. The lowest BCUT2D eigenvalue weighted by Crippen LogP contribution is -2.42. The second-order valence-corrected chi connectivity index (χ2v) is 13.9. The number of hydrogen-bond acceptors (Lipinski definition) is 6. The van der Waals surface area contributed by atoms with E-state index in [2.05, 4.69) is 87.9 Å². The SMILES string of the molecule is C=C([C@H]1CNC[C@@H](CC(=C)C2(c3nn[nH]n3)CC2)C1)N(c1ccc2c(c1)N(CCCCC)C(=C)C(C)(C)C2)C1CC1. The van der Waals surface area contributed by atoms with Crippen molar-refractivity contribution in [3.63, 3.8) is 0 Å². The van der Waals surface area contributed by atoms with Crippen molar-refractivity contribution in [1.82, 2.24) is 25.9 Å². The lowest BCUT2D eigenvalue weighted by atomic mass is 9.78. The maximum atomic E-state index is 4.76. The predicted molar refractivity (Wildman–Crippen MR) is 168 cm³/mol. The molecule has 0 spiro atoms. The summed E-state index contributed by atoms with van der Waals surface area (Å²) in [6.07, 6.45) is 11.5. The number of anilines is 2. The Labute approximate surface area is 246 Å². The number of tetrazole rings is 1. The molecule has 7 nitrogen and oxygen atoms in total. The van der Waals surface area contributed by atoms with Crippen LogP contribution in [-0.4, -0.2) is 46.3 Å². The van der Waals surface area contributed by atoms with Crippen LogP contribution >= 0.6 is 0 Å². The van der Waals surface area contributed by atoms with E-state index in [0.717, 1.165) is 57.6 Å². The summed E-state index contributed by atoms with van der Waals surface area (Å²) < 4.78 is 0. The van der Waals surface area contributed by atoms with Gasteiger partial charge < -0.3 is 15.1 Å². The van der Waals surface area contributed by atoms with Crippen molar-refractivity contribution in [3.05, 3.63) is 66.3 Å². The predicted octanol–water partition coefficient (Wildman–Crippen LogP) is 6.68. The zero-order chi connectivity index (χ0) is 28.8. The fourth-order valence-electron chi connectivity index (χ4n) is 7.32. The molecule has 0 bridgehead atoms. The number of aromatic amines is 1. The lowest BCUT2D eigenvalue weighted by Gasteiger charge is -2.44. The lowest BCUT2D eigenvalue weighted by molar-refractivity contribution is 0.305. The molecule has 4 aliphatic rings. The van der Waals surface area contributed by atoms with Gasteiger partial charge in [0.2, 0.25) is 0 Å². The van der Waals surface area contributed by atoms with E-state index in [1.54, 1.807) is 0 Å². The molecule has 41 heavy (non-hydrogen) atoms. The first-order chi connectivity index (χ1) is 19.7. The number of unbranched alkanes of at least 4 members (excludes halogenated alkanes) is 2. The summed E-state index contributed by atoms with van der Waals surface area (Å²) in [5.74, 6) is 1.76. The Bertz CT molecular complexity index is 1280. The molecule has 2 aliphatic carbocycles. The van der Waals surface area contributed by atoms with Gasteiger partial charge in [0.25, 0.3) is 0 Å². The van der Waals surface area contributed by atoms with Crippen LogP contribution in [0.3, 0.4) is 0 Å². The highest BCUT2D eigenvalue weighted by Crippen LogP contribution is 2.54. The normalized spacial score (nSPS) is 24.6. The number of hydrogen-bond donors (Lipinski definition) is 2. The monoisotopic (exact) mass is 555 g/mol. The van der Waals surface area contributed by atoms with E-state index in [0.29, 0.717) is 17.9 Å². The standard InChI is InChI=1S/C34H49N7/c1-7-8-9-16-40-25(4)33(5,6)20-27-10-11-30(19-31(27)40)41(29-12-13-29)24(3)28-18-26(21-35-22-28)17-23(2)34(14-15-34)32-36-38-39-37-32/h10-11,19,26,28-29,35H,2-4,7-9,12-18,20-22H2,1,5-6H3,(H,36,37,38,39)/t26-,28+/m0/s1. The third-order valence-electron chi connectivity index (χ3n) is 10.2. The number of allylic oxidation sites excluding steroid dienone is 2. The minimum absolute atomic E-state index is 0.0678. The third kappa shape index (κ3) is 5.50. The third-order valence-corrected chi connectivity index (χ3v) is 10.2. The van der Waals surface area contributed by atoms with E-state index in [-0.39, 0.29) is 10.8 Å². The van der Waals surface area contributed by atoms with E-state index in [1.165, 1.54) is 66.0 Å². The molecule has 2 aliphatic heterocycles. The minimum atomic E-state index is -0.0678. The van der Waals surface area contributed by atoms with Crippen molar-refractivity contribution in [2.75, 3.05) is 29.4 Å². The van der Waals surface area contributed by atoms with Gasteiger partial charge in [-0.25, -0.2) is 0 Å². The highest BCUT2D eigenvalue weighted by Gasteiger charge is 2.50. The molecule has 1 aromatic carbocycles. The molecule has 2 aromatic rings. The van der Waals surface area contributed by atoms with Crippen LogP contribution in [0.25, 0.3) is 0 Å². The van der Waals surface area contributed by atoms with Crippen LogP contribution in [0, 0.1) is 17.3 Å². The van der Waals surface area contributed by atoms with Gasteiger partial charge >= 0.3 is 0 Å². The quantitative estimate of drug-likeness (QED) is 0.225. The number of aromatic nitrogens is 4. The Morgan fingerprint density at radius 1 is 1.15 bits per heavy atom. The summed E-state index contributed by atoms with van der Waals surface area (Å²) in [6, 6.07) is 7.74. The van der Waals surface area contributed by atoms with Crippen LogP contribution in [0.15, 0.2) is 54.9 Å². The van der Waals surface area contributed by atoms with E-state index < -0.39 is 0 Å². The molecule has 0 unspecified atom stereocenters. The van der Waals surface area contributed by atoms with Gasteiger partial charge in [-0.1, -0.05) is 70.2 Å². The molecule has 2 saturated carbocycles. The highest BCUT2D eigenvalue weighted by molar-refractivity contribution is 5.70. The van der Waals surface area contributed by atoms with Crippen molar-refractivity contribution in [1.29, 1.82) is 0 Å². The van der Waals surface area contributed by atoms with Crippen LogP contribution in [0.5, 0.6) is 0 Å². The number of fused-ring (bicyclic) bond motifs is 1. The number of nitrogens with zero attached hydrogens (tertiary/aromatic N) is 5. The van der Waals surface area contributed by atoms with Crippen molar-refractivity contribution in [3.8, 4) is 0 Å². The molecule has 1 saturated heterocycles. The van der Waals surface area contributed by atoms with Crippen LogP contribution in [0.1, 0.15) is 89.9 Å². The number of piperidine rings is 1. The van der Waals surface area contributed by atoms with E-state index in [9.17, 15) is 0 Å². The van der Waals surface area contributed by atoms with Gasteiger partial charge in [-0.3, -0.25) is 0 Å². The van der Waals surface area contributed by atoms with Gasteiger partial charge in [0.05, 0.1) is 5.41 Å². The Morgan fingerprint density at radius 3 is 2.63 bits per heavy atom. The second-order valence-electron chi connectivity index (χ2n) is 13.9. The Hall–Kier alpha value is -2.93. The smallest absolute Gasteiger partial charge is 0.184 e. The summed E-state index contributed by atoms with van der Waals surface area (Å²) in [6.45, 7) is 23.9. The average molecular weight is 556 g/mol. The topological polar surface area (TPSA) is 73.0 Å². The first-order valence-corrected chi connectivity index (χ1v) is 15.9. The van der Waals surface area contributed by atoms with Crippen LogP contribution in [0.4, 0.5) is 11.4 Å². The summed E-state index contributed by atoms with van der Waals surface area (Å²) in [5.41, 5.74) is 7.89. The van der Waals surface area contributed by atoms with Crippen molar-refractivity contribution in [2.24, 2.45) is 17.3 Å². The van der Waals surface area contributed by atoms with Crippen molar-refractivity contribution in [2.45, 2.75) is 96.4 Å².